The second kappa shape index (κ2) is 8.17. The minimum Gasteiger partial charge on any atom is -0.454 e. The van der Waals surface area contributed by atoms with E-state index in [0.29, 0.717) is 18.0 Å². The zero-order valence-corrected chi connectivity index (χ0v) is 17.1. The van der Waals surface area contributed by atoms with Crippen LogP contribution in [0.15, 0.2) is 42.5 Å². The number of hydrogen-bond acceptors (Lipinski definition) is 4. The zero-order valence-electron chi connectivity index (χ0n) is 16.4. The average Bonchev–Trinajstić information content (AvgIpc) is 3.28. The topological polar surface area (TPSA) is 65.4 Å². The van der Waals surface area contributed by atoms with Crippen molar-refractivity contribution in [3.05, 3.63) is 70.0 Å². The van der Waals surface area contributed by atoms with Gasteiger partial charge in [0.25, 0.3) is 0 Å². The maximum Gasteiger partial charge on any atom is 0.231 e. The minimum atomic E-state index is -0.0207. The van der Waals surface area contributed by atoms with Gasteiger partial charge >= 0.3 is 0 Å². The predicted molar refractivity (Wildman–Crippen MR) is 111 cm³/mol. The van der Waals surface area contributed by atoms with E-state index in [1.54, 1.807) is 0 Å². The molecule has 0 saturated carbocycles. The fourth-order valence-electron chi connectivity index (χ4n) is 3.43. The molecule has 0 spiro atoms. The van der Waals surface area contributed by atoms with Gasteiger partial charge in [-0.1, -0.05) is 17.7 Å². The molecule has 0 radical (unpaired) electrons. The second-order valence-corrected chi connectivity index (χ2v) is 7.44. The third-order valence-corrected chi connectivity index (χ3v) is 5.27. The molecular formula is C22H22ClN3O3. The van der Waals surface area contributed by atoms with E-state index in [9.17, 15) is 4.79 Å². The van der Waals surface area contributed by atoms with Crippen LogP contribution in [0, 0.1) is 13.8 Å². The van der Waals surface area contributed by atoms with Crippen molar-refractivity contribution in [2.24, 2.45) is 0 Å². The Balaban J connectivity index is 1.36. The van der Waals surface area contributed by atoms with Crippen LogP contribution in [0.1, 0.15) is 22.5 Å². The SMILES string of the molecule is Cc1nn(-c2ccc(Cl)cc2)c(C)c1CC(=O)NCCc1ccc2c(c1)OCO2. The lowest BCUT2D eigenvalue weighted by Gasteiger charge is -2.08. The fraction of sp³-hybridized carbons (Fsp3) is 0.273. The highest BCUT2D eigenvalue weighted by Crippen LogP contribution is 2.32. The van der Waals surface area contributed by atoms with Crippen LogP contribution in [0.5, 0.6) is 11.5 Å². The number of fused-ring (bicyclic) bond motifs is 1. The van der Waals surface area contributed by atoms with Gasteiger partial charge in [-0.2, -0.15) is 5.10 Å². The van der Waals surface area contributed by atoms with Crippen molar-refractivity contribution in [1.29, 1.82) is 0 Å². The summed E-state index contributed by atoms with van der Waals surface area (Å²) in [5.41, 5.74) is 4.77. The molecular weight excluding hydrogens is 390 g/mol. The molecule has 1 N–H and O–H groups in total. The first kappa shape index (κ1) is 19.3. The molecule has 0 fully saturated rings. The Morgan fingerprint density at radius 1 is 1.14 bits per heavy atom. The zero-order chi connectivity index (χ0) is 20.4. The molecule has 0 aliphatic carbocycles. The van der Waals surface area contributed by atoms with Gasteiger partial charge in [0.15, 0.2) is 11.5 Å². The maximum absolute atomic E-state index is 12.5. The van der Waals surface area contributed by atoms with E-state index in [1.807, 2.05) is 61.0 Å². The van der Waals surface area contributed by atoms with Gasteiger partial charge in [-0.25, -0.2) is 4.68 Å². The van der Waals surface area contributed by atoms with Crippen molar-refractivity contribution >= 4 is 17.5 Å². The van der Waals surface area contributed by atoms with E-state index in [0.717, 1.165) is 46.1 Å². The summed E-state index contributed by atoms with van der Waals surface area (Å²) in [7, 11) is 0. The summed E-state index contributed by atoms with van der Waals surface area (Å²) < 4.78 is 12.6. The molecule has 7 heteroatoms. The van der Waals surface area contributed by atoms with Gasteiger partial charge < -0.3 is 14.8 Å². The van der Waals surface area contributed by atoms with E-state index >= 15 is 0 Å². The number of ether oxygens (including phenoxy) is 2. The van der Waals surface area contributed by atoms with Crippen LogP contribution in [0.25, 0.3) is 5.69 Å². The smallest absolute Gasteiger partial charge is 0.231 e. The Labute approximate surface area is 174 Å². The van der Waals surface area contributed by atoms with Gasteiger partial charge in [0.05, 0.1) is 17.8 Å². The number of carbonyl (C=O) groups excluding carboxylic acids is 1. The molecule has 0 saturated heterocycles. The Morgan fingerprint density at radius 2 is 1.90 bits per heavy atom. The average molecular weight is 412 g/mol. The number of benzene rings is 2. The number of nitrogens with zero attached hydrogens (tertiary/aromatic N) is 2. The van der Waals surface area contributed by atoms with Gasteiger partial charge in [-0.15, -0.1) is 0 Å². The lowest BCUT2D eigenvalue weighted by molar-refractivity contribution is -0.120. The molecule has 150 valence electrons. The fourth-order valence-corrected chi connectivity index (χ4v) is 3.56. The van der Waals surface area contributed by atoms with Gasteiger partial charge in [-0.05, 0) is 62.2 Å². The van der Waals surface area contributed by atoms with Gasteiger partial charge in [0, 0.05) is 22.8 Å². The first-order valence-electron chi connectivity index (χ1n) is 9.47. The number of carbonyl (C=O) groups is 1. The molecule has 1 aliphatic rings. The Bertz CT molecular complexity index is 1040. The third kappa shape index (κ3) is 4.22. The van der Waals surface area contributed by atoms with Crippen molar-refractivity contribution in [2.75, 3.05) is 13.3 Å². The van der Waals surface area contributed by atoms with Gasteiger partial charge in [-0.3, -0.25) is 4.79 Å². The molecule has 1 aliphatic heterocycles. The highest BCUT2D eigenvalue weighted by Gasteiger charge is 2.16. The summed E-state index contributed by atoms with van der Waals surface area (Å²) in [4.78, 5) is 12.5. The molecule has 6 nitrogen and oxygen atoms in total. The highest BCUT2D eigenvalue weighted by molar-refractivity contribution is 6.30. The monoisotopic (exact) mass is 411 g/mol. The summed E-state index contributed by atoms with van der Waals surface area (Å²) >= 11 is 5.97. The van der Waals surface area contributed by atoms with Crippen LogP contribution in [-0.4, -0.2) is 29.0 Å². The van der Waals surface area contributed by atoms with Crippen LogP contribution in [0.2, 0.25) is 5.02 Å². The Morgan fingerprint density at radius 3 is 2.69 bits per heavy atom. The van der Waals surface area contributed by atoms with Crippen molar-refractivity contribution < 1.29 is 14.3 Å². The molecule has 2 aromatic carbocycles. The molecule has 3 aromatic rings. The van der Waals surface area contributed by atoms with Crippen LogP contribution >= 0.6 is 11.6 Å². The number of aryl methyl sites for hydroxylation is 1. The molecule has 0 unspecified atom stereocenters. The van der Waals surface area contributed by atoms with E-state index in [2.05, 4.69) is 10.4 Å². The van der Waals surface area contributed by atoms with Crippen LogP contribution < -0.4 is 14.8 Å². The summed E-state index contributed by atoms with van der Waals surface area (Å²) in [5.74, 6) is 1.50. The third-order valence-electron chi connectivity index (χ3n) is 5.02. The number of rotatable bonds is 6. The quantitative estimate of drug-likeness (QED) is 0.670. The van der Waals surface area contributed by atoms with Crippen molar-refractivity contribution in [2.45, 2.75) is 26.7 Å². The predicted octanol–water partition coefficient (Wildman–Crippen LogP) is 3.77. The lowest BCUT2D eigenvalue weighted by Crippen LogP contribution is -2.27. The van der Waals surface area contributed by atoms with Crippen LogP contribution in [-0.2, 0) is 17.6 Å². The molecule has 2 heterocycles. The molecule has 0 bridgehead atoms. The lowest BCUT2D eigenvalue weighted by atomic mass is 10.1. The number of nitrogens with one attached hydrogen (secondary N) is 1. The summed E-state index contributed by atoms with van der Waals surface area (Å²) in [6, 6.07) is 13.3. The first-order valence-corrected chi connectivity index (χ1v) is 9.85. The Hall–Kier alpha value is -2.99. The number of halogens is 1. The number of aromatic nitrogens is 2. The van der Waals surface area contributed by atoms with E-state index < -0.39 is 0 Å². The normalized spacial score (nSPS) is 12.2. The van der Waals surface area contributed by atoms with Gasteiger partial charge in [0.2, 0.25) is 12.7 Å². The summed E-state index contributed by atoms with van der Waals surface area (Å²) in [6.07, 6.45) is 1.02. The molecule has 0 atom stereocenters. The minimum absolute atomic E-state index is 0.0207. The van der Waals surface area contributed by atoms with Crippen molar-refractivity contribution in [1.82, 2.24) is 15.1 Å². The molecule has 4 rings (SSSR count). The molecule has 1 amide bonds. The van der Waals surface area contributed by atoms with Crippen molar-refractivity contribution in [3.63, 3.8) is 0 Å². The van der Waals surface area contributed by atoms with E-state index in [4.69, 9.17) is 21.1 Å². The number of amides is 1. The standard InChI is InChI=1S/C22H22ClN3O3/c1-14-19(15(2)26(25-14)18-6-4-17(23)5-7-18)12-22(27)24-10-9-16-3-8-20-21(11-16)29-13-28-20/h3-8,11H,9-10,12-13H2,1-2H3,(H,24,27). The number of hydrogen-bond donors (Lipinski definition) is 1. The molecule has 29 heavy (non-hydrogen) atoms. The van der Waals surface area contributed by atoms with Gasteiger partial charge in [0.1, 0.15) is 0 Å². The second-order valence-electron chi connectivity index (χ2n) is 7.00. The summed E-state index contributed by atoms with van der Waals surface area (Å²) in [5, 5.41) is 8.26. The van der Waals surface area contributed by atoms with E-state index in [1.165, 1.54) is 0 Å². The highest BCUT2D eigenvalue weighted by atomic mass is 35.5. The summed E-state index contributed by atoms with van der Waals surface area (Å²) in [6.45, 7) is 4.72. The maximum atomic E-state index is 12.5. The van der Waals surface area contributed by atoms with Crippen molar-refractivity contribution in [3.8, 4) is 17.2 Å². The van der Waals surface area contributed by atoms with E-state index in [-0.39, 0.29) is 12.7 Å². The molecule has 1 aromatic heterocycles. The van der Waals surface area contributed by atoms with Crippen LogP contribution in [0.3, 0.4) is 0 Å². The van der Waals surface area contributed by atoms with Crippen LogP contribution in [0.4, 0.5) is 0 Å². The Kier molecular flexibility index (Phi) is 5.45. The first-order chi connectivity index (χ1) is 14.0. The largest absolute Gasteiger partial charge is 0.454 e.